The van der Waals surface area contributed by atoms with Crippen LogP contribution in [0.1, 0.15) is 59.4 Å². The molecule has 220 valence electrons. The highest BCUT2D eigenvalue weighted by Crippen LogP contribution is 2.36. The Kier molecular flexibility index (Phi) is 8.19. The summed E-state index contributed by atoms with van der Waals surface area (Å²) in [5, 5.41) is 2.63. The summed E-state index contributed by atoms with van der Waals surface area (Å²) in [7, 11) is -2.24. The fraction of sp³-hybridized carbons (Fsp3) is 0.500. The predicted octanol–water partition coefficient (Wildman–Crippen LogP) is 1.69. The Balaban J connectivity index is 1.21. The van der Waals surface area contributed by atoms with E-state index in [1.807, 2.05) is 0 Å². The van der Waals surface area contributed by atoms with E-state index in [1.165, 1.54) is 23.5 Å². The number of sulfonamides is 1. The first-order chi connectivity index (χ1) is 19.5. The number of aliphatic imine (C=N–C) groups is 1. The molecule has 2 saturated heterocycles. The van der Waals surface area contributed by atoms with Crippen molar-refractivity contribution in [3.05, 3.63) is 40.7 Å². The van der Waals surface area contributed by atoms with E-state index in [0.29, 0.717) is 50.4 Å². The summed E-state index contributed by atoms with van der Waals surface area (Å²) in [6.07, 6.45) is 4.12. The maximum atomic E-state index is 13.3. The lowest BCUT2D eigenvalue weighted by atomic mass is 9.86. The number of nitrogens with one attached hydrogen (secondary N) is 1. The van der Waals surface area contributed by atoms with E-state index in [1.54, 1.807) is 17.0 Å². The zero-order valence-electron chi connectivity index (χ0n) is 22.7. The second-order valence-electron chi connectivity index (χ2n) is 10.6. The topological polar surface area (TPSA) is 186 Å². The number of amidine groups is 1. The van der Waals surface area contributed by atoms with E-state index in [0.717, 1.165) is 19.3 Å². The lowest BCUT2D eigenvalue weighted by Gasteiger charge is -2.37. The van der Waals surface area contributed by atoms with Gasteiger partial charge in [0.1, 0.15) is 5.84 Å². The number of aromatic nitrogens is 2. The summed E-state index contributed by atoms with van der Waals surface area (Å²) in [6.45, 7) is 1.81. The lowest BCUT2D eigenvalue weighted by Crippen LogP contribution is -2.45. The maximum Gasteiger partial charge on any atom is 0.279 e. The number of carbonyl (C=O) groups is 2. The fourth-order valence-electron chi connectivity index (χ4n) is 5.45. The average molecular weight is 605 g/mol. The molecule has 0 bridgehead atoms. The molecular weight excluding hydrogens is 572 g/mol. The van der Waals surface area contributed by atoms with Crippen LogP contribution < -0.4 is 16.8 Å². The van der Waals surface area contributed by atoms with Gasteiger partial charge in [0.2, 0.25) is 10.0 Å². The highest BCUT2D eigenvalue weighted by molar-refractivity contribution is 7.89. The number of benzene rings is 1. The number of hydrogen-bond donors (Lipinski definition) is 3. The molecule has 0 saturated carbocycles. The number of halogens is 1. The number of rotatable bonds is 6. The fourth-order valence-corrected chi connectivity index (χ4v) is 6.83. The zero-order chi connectivity index (χ0) is 29.4. The molecule has 2 amide bonds. The quantitative estimate of drug-likeness (QED) is 0.441. The van der Waals surface area contributed by atoms with E-state index in [2.05, 4.69) is 15.3 Å². The van der Waals surface area contributed by atoms with Crippen LogP contribution in [-0.2, 0) is 14.8 Å². The Labute approximate surface area is 243 Å². The highest BCUT2D eigenvalue weighted by atomic mass is 35.5. The summed E-state index contributed by atoms with van der Waals surface area (Å²) in [5.41, 5.74) is 11.2. The summed E-state index contributed by atoms with van der Waals surface area (Å²) in [6, 6.07) is 6.16. The van der Waals surface area contributed by atoms with Crippen LogP contribution >= 0.6 is 11.6 Å². The summed E-state index contributed by atoms with van der Waals surface area (Å²) in [4.78, 5) is 40.4. The van der Waals surface area contributed by atoms with Crippen LogP contribution in [0.25, 0.3) is 0 Å². The van der Waals surface area contributed by atoms with Crippen LogP contribution in [0, 0.1) is 0 Å². The molecule has 1 aromatic carbocycles. The van der Waals surface area contributed by atoms with Gasteiger partial charge in [-0.15, -0.1) is 0 Å². The number of nitrogens with zero attached hydrogens (tertiary/aromatic N) is 5. The van der Waals surface area contributed by atoms with E-state index >= 15 is 0 Å². The first-order valence-corrected chi connectivity index (χ1v) is 15.3. The van der Waals surface area contributed by atoms with Crippen molar-refractivity contribution in [3.63, 3.8) is 0 Å². The average Bonchev–Trinajstić information content (AvgIpc) is 3.61. The molecule has 0 radical (unpaired) electrons. The summed E-state index contributed by atoms with van der Waals surface area (Å²) >= 11 is 5.89. The van der Waals surface area contributed by atoms with Gasteiger partial charge in [0.25, 0.3) is 11.8 Å². The van der Waals surface area contributed by atoms with Gasteiger partial charge < -0.3 is 26.4 Å². The first kappa shape index (κ1) is 29.2. The molecule has 1 atom stereocenters. The second-order valence-corrected chi connectivity index (χ2v) is 13.0. The minimum atomic E-state index is -3.77. The van der Waals surface area contributed by atoms with Crippen molar-refractivity contribution < 1.29 is 22.7 Å². The van der Waals surface area contributed by atoms with Crippen molar-refractivity contribution in [1.29, 1.82) is 0 Å². The minimum Gasteiger partial charge on any atom is -0.382 e. The zero-order valence-corrected chi connectivity index (χ0v) is 24.2. The molecular formula is C26H33ClN8O5S. The van der Waals surface area contributed by atoms with Gasteiger partial charge in [-0.1, -0.05) is 17.7 Å². The molecule has 15 heteroatoms. The Morgan fingerprint density at radius 1 is 1.20 bits per heavy atom. The van der Waals surface area contributed by atoms with Crippen molar-refractivity contribution >= 4 is 50.9 Å². The van der Waals surface area contributed by atoms with Crippen LogP contribution in [0.2, 0.25) is 5.15 Å². The van der Waals surface area contributed by atoms with Gasteiger partial charge >= 0.3 is 0 Å². The number of likely N-dealkylation sites (N-methyl/N-ethyl adjacent to an activating group) is 1. The van der Waals surface area contributed by atoms with Crippen molar-refractivity contribution in [1.82, 2.24) is 24.5 Å². The van der Waals surface area contributed by atoms with Crippen LogP contribution in [0.5, 0.6) is 0 Å². The summed E-state index contributed by atoms with van der Waals surface area (Å²) in [5.74, 6) is -0.487. The van der Waals surface area contributed by atoms with E-state index in [-0.39, 0.29) is 45.9 Å². The number of nitrogens with two attached hydrogens (primary N) is 2. The molecule has 3 aliphatic rings. The molecule has 1 spiro atoms. The van der Waals surface area contributed by atoms with Gasteiger partial charge in [0.05, 0.1) is 16.5 Å². The van der Waals surface area contributed by atoms with Crippen molar-refractivity contribution in [2.75, 3.05) is 44.8 Å². The molecule has 5 rings (SSSR count). The van der Waals surface area contributed by atoms with E-state index in [9.17, 15) is 18.0 Å². The van der Waals surface area contributed by atoms with Crippen LogP contribution in [0.3, 0.4) is 0 Å². The van der Waals surface area contributed by atoms with Crippen LogP contribution in [-0.4, -0.2) is 90.2 Å². The third kappa shape index (κ3) is 6.15. The molecule has 5 N–H and O–H groups in total. The van der Waals surface area contributed by atoms with Gasteiger partial charge in [-0.05, 0) is 50.3 Å². The Morgan fingerprint density at radius 2 is 1.95 bits per heavy atom. The number of ether oxygens (including phenoxy) is 1. The molecule has 1 aromatic heterocycles. The number of amides is 2. The van der Waals surface area contributed by atoms with Gasteiger partial charge in [0, 0.05) is 45.3 Å². The van der Waals surface area contributed by atoms with Crippen molar-refractivity contribution in [2.45, 2.75) is 55.1 Å². The van der Waals surface area contributed by atoms with Gasteiger partial charge in [0.15, 0.2) is 22.5 Å². The molecule has 0 aliphatic carbocycles. The van der Waals surface area contributed by atoms with Gasteiger partial charge in [-0.3, -0.25) is 14.6 Å². The van der Waals surface area contributed by atoms with Crippen LogP contribution in [0.4, 0.5) is 11.6 Å². The largest absolute Gasteiger partial charge is 0.382 e. The number of anilines is 2. The maximum absolute atomic E-state index is 13.3. The Morgan fingerprint density at radius 3 is 2.66 bits per heavy atom. The van der Waals surface area contributed by atoms with Crippen LogP contribution in [0.15, 0.2) is 34.2 Å². The molecule has 4 heterocycles. The molecule has 41 heavy (non-hydrogen) atoms. The number of likely N-dealkylation sites (tertiary alicyclic amines) is 1. The molecule has 2 fully saturated rings. The minimum absolute atomic E-state index is 0.0608. The summed E-state index contributed by atoms with van der Waals surface area (Å²) < 4.78 is 33.2. The third-order valence-corrected chi connectivity index (χ3v) is 9.93. The monoisotopic (exact) mass is 604 g/mol. The Hall–Kier alpha value is -3.33. The number of hydrogen-bond acceptors (Lipinski definition) is 10. The van der Waals surface area contributed by atoms with Gasteiger partial charge in [-0.25, -0.2) is 18.4 Å². The molecule has 13 nitrogen and oxygen atoms in total. The third-order valence-electron chi connectivity index (χ3n) is 7.83. The highest BCUT2D eigenvalue weighted by Gasteiger charge is 2.40. The molecule has 2 aromatic rings. The SMILES string of the molecule is CN(CC1CCCO1)S(=O)(=O)c1cccc(C(=O)N2CCC3(CCC(NC(=O)c4nc(Cl)c(N)nc4N)=N3)CC2)c1. The number of carbonyl (C=O) groups excluding carboxylic acids is 2. The smallest absolute Gasteiger partial charge is 0.279 e. The standard InChI is InChI=1S/C26H33ClN8O5S/c1-34(15-17-5-3-13-40-17)41(38,39)18-6-2-4-16(14-18)25(37)35-11-9-26(10-12-35)8-7-19(33-26)30-24(36)20-22(28)32-23(29)21(27)31-20/h2,4,6,14,17H,3,5,7-13,15H2,1H3,(H4,28,29,32)(H,30,33,36). The predicted molar refractivity (Wildman–Crippen MR) is 153 cm³/mol. The number of nitrogen functional groups attached to an aromatic ring is 2. The Bertz CT molecular complexity index is 1490. The van der Waals surface area contributed by atoms with E-state index in [4.69, 9.17) is 32.8 Å². The normalized spacial score (nSPS) is 20.4. The first-order valence-electron chi connectivity index (χ1n) is 13.4. The lowest BCUT2D eigenvalue weighted by molar-refractivity contribution is 0.0672. The van der Waals surface area contributed by atoms with Gasteiger partial charge in [-0.2, -0.15) is 4.31 Å². The second kappa shape index (κ2) is 11.5. The number of piperidine rings is 1. The molecule has 3 aliphatic heterocycles. The van der Waals surface area contributed by atoms with Crippen molar-refractivity contribution in [3.8, 4) is 0 Å². The molecule has 1 unspecified atom stereocenters. The van der Waals surface area contributed by atoms with Crippen molar-refractivity contribution in [2.24, 2.45) is 4.99 Å². The van der Waals surface area contributed by atoms with E-state index < -0.39 is 21.5 Å².